The minimum Gasteiger partial charge on any atom is -0.478 e. The number of carbonyl (C=O) groups is 2. The van der Waals surface area contributed by atoms with Crippen LogP contribution >= 0.6 is 15.9 Å². The second-order valence-electron chi connectivity index (χ2n) is 9.05. The maximum atomic E-state index is 12.7. The topological polar surface area (TPSA) is 54.4 Å². The highest BCUT2D eigenvalue weighted by Crippen LogP contribution is 2.45. The molecule has 0 heterocycles. The van der Waals surface area contributed by atoms with Crippen LogP contribution in [0.25, 0.3) is 12.2 Å². The van der Waals surface area contributed by atoms with Crippen molar-refractivity contribution in [1.29, 1.82) is 0 Å². The molecular weight excluding hydrogens is 428 g/mol. The summed E-state index contributed by atoms with van der Waals surface area (Å²) in [5, 5.41) is 9.90. The quantitative estimate of drug-likeness (QED) is 0.436. The Morgan fingerprint density at radius 1 is 1.10 bits per heavy atom. The second kappa shape index (κ2) is 7.56. The number of benzene rings is 2. The number of rotatable bonds is 4. The fourth-order valence-corrected chi connectivity index (χ4v) is 4.58. The van der Waals surface area contributed by atoms with Crippen LogP contribution in [-0.4, -0.2) is 16.9 Å². The maximum Gasteiger partial charge on any atom is 0.335 e. The lowest BCUT2D eigenvalue weighted by Gasteiger charge is -2.41. The number of carboxylic acid groups (broad SMARTS) is 1. The van der Waals surface area contributed by atoms with Crippen LogP contribution in [0, 0.1) is 6.92 Å². The third-order valence-corrected chi connectivity index (χ3v) is 6.67. The normalized spacial score (nSPS) is 17.4. The Balaban J connectivity index is 2.07. The number of aromatic carboxylic acids is 1. The molecule has 2 aromatic rings. The molecule has 3 rings (SSSR count). The minimum absolute atomic E-state index is 0.199. The van der Waals surface area contributed by atoms with Gasteiger partial charge in [0, 0.05) is 17.2 Å². The van der Waals surface area contributed by atoms with E-state index in [0.717, 1.165) is 27.8 Å². The zero-order valence-electron chi connectivity index (χ0n) is 17.6. The molecule has 0 saturated heterocycles. The summed E-state index contributed by atoms with van der Waals surface area (Å²) < 4.78 is 0. The van der Waals surface area contributed by atoms with Gasteiger partial charge in [0.25, 0.3) is 0 Å². The molecular formula is C25H27BrO3. The van der Waals surface area contributed by atoms with Gasteiger partial charge in [-0.2, -0.15) is 0 Å². The number of carbonyl (C=O) groups excluding carboxylic acids is 1. The van der Waals surface area contributed by atoms with Gasteiger partial charge >= 0.3 is 5.97 Å². The summed E-state index contributed by atoms with van der Waals surface area (Å²) in [5.74, 6) is -0.624. The third kappa shape index (κ3) is 3.95. The van der Waals surface area contributed by atoms with E-state index in [1.807, 2.05) is 39.0 Å². The number of aryl methyl sites for hydroxylation is 1. The molecule has 0 radical (unpaired) electrons. The molecule has 3 nitrogen and oxygen atoms in total. The Hall–Kier alpha value is -2.20. The van der Waals surface area contributed by atoms with Crippen molar-refractivity contribution in [1.82, 2.24) is 0 Å². The molecule has 1 N–H and O–H groups in total. The lowest BCUT2D eigenvalue weighted by atomic mass is 9.62. The molecule has 0 spiro atoms. The van der Waals surface area contributed by atoms with Crippen LogP contribution in [0.2, 0.25) is 0 Å². The lowest BCUT2D eigenvalue weighted by Crippen LogP contribution is -2.42. The summed E-state index contributed by atoms with van der Waals surface area (Å²) in [6.07, 6.45) is 4.63. The maximum absolute atomic E-state index is 12.7. The van der Waals surface area contributed by atoms with Gasteiger partial charge < -0.3 is 5.11 Å². The highest BCUT2D eigenvalue weighted by Gasteiger charge is 2.43. The molecule has 152 valence electrons. The Kier molecular flexibility index (Phi) is 5.61. The van der Waals surface area contributed by atoms with Gasteiger partial charge in [0.15, 0.2) is 0 Å². The van der Waals surface area contributed by atoms with E-state index in [1.54, 1.807) is 6.07 Å². The molecule has 0 atom stereocenters. The zero-order valence-corrected chi connectivity index (χ0v) is 19.2. The van der Waals surface area contributed by atoms with E-state index in [2.05, 4.69) is 48.0 Å². The molecule has 2 aromatic carbocycles. The SMILES string of the molecule is Cc1cc(/C=C/c2cc3c(cc2CBr)C(C)(C)C(=O)CC3(C)C)ccc1C(=O)O. The van der Waals surface area contributed by atoms with E-state index in [4.69, 9.17) is 0 Å². The van der Waals surface area contributed by atoms with Crippen molar-refractivity contribution in [2.75, 3.05) is 0 Å². The first-order valence-corrected chi connectivity index (χ1v) is 10.9. The van der Waals surface area contributed by atoms with Crippen molar-refractivity contribution in [3.63, 3.8) is 0 Å². The molecule has 0 aromatic heterocycles. The number of hydrogen-bond acceptors (Lipinski definition) is 2. The van der Waals surface area contributed by atoms with Crippen molar-refractivity contribution < 1.29 is 14.7 Å². The first-order valence-electron chi connectivity index (χ1n) is 9.76. The lowest BCUT2D eigenvalue weighted by molar-refractivity contribution is -0.125. The van der Waals surface area contributed by atoms with E-state index < -0.39 is 11.4 Å². The van der Waals surface area contributed by atoms with Gasteiger partial charge in [-0.3, -0.25) is 4.79 Å². The summed E-state index contributed by atoms with van der Waals surface area (Å²) in [6.45, 7) is 10.1. The molecule has 4 heteroatoms. The molecule has 1 aliphatic rings. The van der Waals surface area contributed by atoms with Crippen molar-refractivity contribution in [2.24, 2.45) is 0 Å². The van der Waals surface area contributed by atoms with Crippen molar-refractivity contribution in [2.45, 2.75) is 57.2 Å². The van der Waals surface area contributed by atoms with Gasteiger partial charge in [-0.25, -0.2) is 4.79 Å². The largest absolute Gasteiger partial charge is 0.478 e. The predicted octanol–water partition coefficient (Wildman–Crippen LogP) is 6.29. The summed E-state index contributed by atoms with van der Waals surface area (Å²) in [7, 11) is 0. The number of halogens is 1. The smallest absolute Gasteiger partial charge is 0.335 e. The Morgan fingerprint density at radius 3 is 2.38 bits per heavy atom. The number of hydrogen-bond donors (Lipinski definition) is 1. The number of alkyl halides is 1. The fraction of sp³-hybridized carbons (Fsp3) is 0.360. The van der Waals surface area contributed by atoms with Crippen LogP contribution in [0.5, 0.6) is 0 Å². The van der Waals surface area contributed by atoms with Gasteiger partial charge in [-0.1, -0.05) is 66.2 Å². The molecule has 0 aliphatic heterocycles. The van der Waals surface area contributed by atoms with E-state index in [-0.39, 0.29) is 11.2 Å². The first-order chi connectivity index (χ1) is 13.5. The van der Waals surface area contributed by atoms with E-state index in [0.29, 0.717) is 17.3 Å². The average molecular weight is 455 g/mol. The van der Waals surface area contributed by atoms with Crippen molar-refractivity contribution in [3.8, 4) is 0 Å². The van der Waals surface area contributed by atoms with Crippen LogP contribution in [0.3, 0.4) is 0 Å². The standard InChI is InChI=1S/C25H27BrO3/c1-15-10-16(7-9-19(15)23(28)29)6-8-17-11-20-21(12-18(17)14-26)25(4,5)22(27)13-24(20,2)3/h6-12H,13-14H2,1-5H3,(H,28,29)/b8-6+. The summed E-state index contributed by atoms with van der Waals surface area (Å²) in [4.78, 5) is 24.0. The summed E-state index contributed by atoms with van der Waals surface area (Å²) in [6, 6.07) is 9.74. The summed E-state index contributed by atoms with van der Waals surface area (Å²) >= 11 is 3.60. The molecule has 0 saturated carbocycles. The average Bonchev–Trinajstić information content (AvgIpc) is 2.64. The third-order valence-electron chi connectivity index (χ3n) is 6.06. The second-order valence-corrected chi connectivity index (χ2v) is 9.61. The minimum atomic E-state index is -0.909. The number of carboxylic acids is 1. The van der Waals surface area contributed by atoms with E-state index >= 15 is 0 Å². The Labute approximate surface area is 181 Å². The van der Waals surface area contributed by atoms with Gasteiger partial charge in [0.2, 0.25) is 0 Å². The van der Waals surface area contributed by atoms with Crippen LogP contribution in [0.15, 0.2) is 30.3 Å². The molecule has 1 aliphatic carbocycles. The van der Waals surface area contributed by atoms with Gasteiger partial charge in [-0.05, 0) is 65.6 Å². The highest BCUT2D eigenvalue weighted by atomic mass is 79.9. The first kappa shape index (κ1) is 21.5. The van der Waals surface area contributed by atoms with Gasteiger partial charge in [0.05, 0.1) is 5.56 Å². The van der Waals surface area contributed by atoms with Crippen LogP contribution in [0.4, 0.5) is 0 Å². The van der Waals surface area contributed by atoms with Crippen LogP contribution in [0.1, 0.15) is 77.9 Å². The Morgan fingerprint density at radius 2 is 1.79 bits per heavy atom. The highest BCUT2D eigenvalue weighted by molar-refractivity contribution is 9.08. The van der Waals surface area contributed by atoms with E-state index in [9.17, 15) is 14.7 Å². The number of Topliss-reactive ketones (excluding diaryl/α,β-unsaturated/α-hetero) is 1. The van der Waals surface area contributed by atoms with E-state index in [1.165, 1.54) is 5.56 Å². The number of ketones is 1. The monoisotopic (exact) mass is 454 g/mol. The zero-order chi connectivity index (χ0) is 21.6. The predicted molar refractivity (Wildman–Crippen MR) is 122 cm³/mol. The van der Waals surface area contributed by atoms with Gasteiger partial charge in [-0.15, -0.1) is 0 Å². The molecule has 0 bridgehead atoms. The Bertz CT molecular complexity index is 1030. The molecule has 0 fully saturated rings. The number of fused-ring (bicyclic) bond motifs is 1. The fourth-order valence-electron chi connectivity index (χ4n) is 4.09. The van der Waals surface area contributed by atoms with Crippen LogP contribution in [-0.2, 0) is 21.0 Å². The van der Waals surface area contributed by atoms with Gasteiger partial charge in [0.1, 0.15) is 5.78 Å². The van der Waals surface area contributed by atoms with Crippen LogP contribution < -0.4 is 0 Å². The summed E-state index contributed by atoms with van der Waals surface area (Å²) in [5.41, 5.74) is 5.94. The molecule has 0 amide bonds. The molecule has 0 unspecified atom stereocenters. The van der Waals surface area contributed by atoms with Crippen molar-refractivity contribution in [3.05, 3.63) is 69.3 Å². The molecule has 29 heavy (non-hydrogen) atoms. The van der Waals surface area contributed by atoms with Crippen molar-refractivity contribution >= 4 is 39.8 Å².